The van der Waals surface area contributed by atoms with Gasteiger partial charge >= 0.3 is 0 Å². The third-order valence-corrected chi connectivity index (χ3v) is 4.83. The van der Waals surface area contributed by atoms with Gasteiger partial charge in [0.2, 0.25) is 0 Å². The zero-order valence-corrected chi connectivity index (χ0v) is 10.8. The maximum atomic E-state index is 13.6. The highest BCUT2D eigenvalue weighted by Gasteiger charge is 2.24. The van der Waals surface area contributed by atoms with E-state index in [4.69, 9.17) is 5.26 Å². The van der Waals surface area contributed by atoms with E-state index >= 15 is 0 Å². The van der Waals surface area contributed by atoms with Gasteiger partial charge in [-0.2, -0.15) is 5.26 Å². The molecule has 0 unspecified atom stereocenters. The van der Waals surface area contributed by atoms with Gasteiger partial charge < -0.3 is 5.32 Å². The SMILES string of the molecule is N#Cc1ccc(NC2CCS(=O)(=O)CC2)c(F)c1F. The molecule has 1 saturated heterocycles. The molecule has 1 fully saturated rings. The number of hydrogen-bond donors (Lipinski definition) is 1. The topological polar surface area (TPSA) is 70.0 Å². The van der Waals surface area contributed by atoms with E-state index in [9.17, 15) is 17.2 Å². The number of nitrogens with one attached hydrogen (secondary N) is 1. The molecule has 102 valence electrons. The van der Waals surface area contributed by atoms with E-state index in [0.29, 0.717) is 12.8 Å². The zero-order chi connectivity index (χ0) is 14.0. The van der Waals surface area contributed by atoms with Gasteiger partial charge in [0.05, 0.1) is 22.8 Å². The number of halogens is 2. The van der Waals surface area contributed by atoms with Crippen LogP contribution in [0.3, 0.4) is 0 Å². The van der Waals surface area contributed by atoms with Crippen LogP contribution in [0.4, 0.5) is 14.5 Å². The Morgan fingerprint density at radius 3 is 2.42 bits per heavy atom. The van der Waals surface area contributed by atoms with Crippen molar-refractivity contribution >= 4 is 15.5 Å². The molecule has 0 bridgehead atoms. The number of nitrogens with zero attached hydrogens (tertiary/aromatic N) is 1. The van der Waals surface area contributed by atoms with Crippen LogP contribution in [0.15, 0.2) is 12.1 Å². The molecule has 4 nitrogen and oxygen atoms in total. The average Bonchev–Trinajstić information content (AvgIpc) is 2.37. The van der Waals surface area contributed by atoms with Crippen LogP contribution in [-0.2, 0) is 9.84 Å². The van der Waals surface area contributed by atoms with Crippen molar-refractivity contribution in [1.82, 2.24) is 0 Å². The monoisotopic (exact) mass is 286 g/mol. The summed E-state index contributed by atoms with van der Waals surface area (Å²) < 4.78 is 49.6. The fourth-order valence-corrected chi connectivity index (χ4v) is 3.49. The first-order chi connectivity index (χ1) is 8.93. The molecule has 19 heavy (non-hydrogen) atoms. The Morgan fingerprint density at radius 2 is 1.84 bits per heavy atom. The second-order valence-electron chi connectivity index (χ2n) is 4.47. The van der Waals surface area contributed by atoms with Gasteiger partial charge in [0, 0.05) is 6.04 Å². The van der Waals surface area contributed by atoms with Crippen molar-refractivity contribution < 1.29 is 17.2 Å². The molecule has 0 aromatic heterocycles. The van der Waals surface area contributed by atoms with Gasteiger partial charge in [-0.1, -0.05) is 0 Å². The van der Waals surface area contributed by atoms with Gasteiger partial charge in [-0.05, 0) is 25.0 Å². The van der Waals surface area contributed by atoms with E-state index in [-0.39, 0.29) is 28.8 Å². The van der Waals surface area contributed by atoms with Gasteiger partial charge in [0.15, 0.2) is 11.6 Å². The summed E-state index contributed by atoms with van der Waals surface area (Å²) in [7, 11) is -2.99. The molecule has 1 heterocycles. The highest BCUT2D eigenvalue weighted by molar-refractivity contribution is 7.91. The maximum absolute atomic E-state index is 13.6. The number of nitriles is 1. The van der Waals surface area contributed by atoms with Gasteiger partial charge in [0.25, 0.3) is 0 Å². The van der Waals surface area contributed by atoms with Crippen LogP contribution in [0.2, 0.25) is 0 Å². The second-order valence-corrected chi connectivity index (χ2v) is 6.77. The molecule has 0 amide bonds. The highest BCUT2D eigenvalue weighted by Crippen LogP contribution is 2.23. The molecule has 0 radical (unpaired) electrons. The summed E-state index contributed by atoms with van der Waals surface area (Å²) in [4.78, 5) is 0. The van der Waals surface area contributed by atoms with Crippen LogP contribution in [0.25, 0.3) is 0 Å². The highest BCUT2D eigenvalue weighted by atomic mass is 32.2. The average molecular weight is 286 g/mol. The molecular formula is C12H12F2N2O2S. The number of rotatable bonds is 2. The molecule has 7 heteroatoms. The first kappa shape index (κ1) is 13.7. The fraction of sp³-hybridized carbons (Fsp3) is 0.417. The number of sulfone groups is 1. The summed E-state index contributed by atoms with van der Waals surface area (Å²) in [6.45, 7) is 0. The lowest BCUT2D eigenvalue weighted by atomic mass is 10.1. The van der Waals surface area contributed by atoms with Crippen molar-refractivity contribution in [2.75, 3.05) is 16.8 Å². The Balaban J connectivity index is 2.13. The van der Waals surface area contributed by atoms with Crippen LogP contribution in [0, 0.1) is 23.0 Å². The lowest BCUT2D eigenvalue weighted by molar-refractivity contribution is 0.505. The van der Waals surface area contributed by atoms with Crippen LogP contribution < -0.4 is 5.32 Å². The Kier molecular flexibility index (Phi) is 3.71. The van der Waals surface area contributed by atoms with Crippen molar-refractivity contribution in [2.45, 2.75) is 18.9 Å². The quantitative estimate of drug-likeness (QED) is 0.900. The van der Waals surface area contributed by atoms with Crippen molar-refractivity contribution in [3.63, 3.8) is 0 Å². The smallest absolute Gasteiger partial charge is 0.183 e. The summed E-state index contributed by atoms with van der Waals surface area (Å²) in [6, 6.07) is 3.84. The standard InChI is InChI=1S/C12H12F2N2O2S/c13-11-8(7-15)1-2-10(12(11)14)16-9-3-5-19(17,18)6-4-9/h1-2,9,16H,3-6H2. The Labute approximate surface area is 110 Å². The molecule has 1 aliphatic heterocycles. The van der Waals surface area contributed by atoms with E-state index in [1.807, 2.05) is 0 Å². The third-order valence-electron chi connectivity index (χ3n) is 3.12. The van der Waals surface area contributed by atoms with E-state index in [2.05, 4.69) is 5.32 Å². The molecule has 1 aromatic rings. The van der Waals surface area contributed by atoms with Crippen molar-refractivity contribution in [2.24, 2.45) is 0 Å². The van der Waals surface area contributed by atoms with Crippen LogP contribution in [0.5, 0.6) is 0 Å². The molecule has 1 N–H and O–H groups in total. The molecule has 2 rings (SSSR count). The first-order valence-electron chi connectivity index (χ1n) is 5.78. The van der Waals surface area contributed by atoms with Crippen molar-refractivity contribution in [3.8, 4) is 6.07 Å². The molecule has 0 atom stereocenters. The van der Waals surface area contributed by atoms with E-state index in [0.717, 1.165) is 0 Å². The summed E-state index contributed by atoms with van der Waals surface area (Å²) in [5.41, 5.74) is -0.393. The van der Waals surface area contributed by atoms with Crippen LogP contribution in [-0.4, -0.2) is 26.0 Å². The van der Waals surface area contributed by atoms with Crippen molar-refractivity contribution in [3.05, 3.63) is 29.3 Å². The molecule has 0 saturated carbocycles. The fourth-order valence-electron chi connectivity index (χ4n) is 2.00. The molecule has 0 aliphatic carbocycles. The summed E-state index contributed by atoms with van der Waals surface area (Å²) in [6.07, 6.45) is 0.729. The van der Waals surface area contributed by atoms with Gasteiger partial charge in [-0.25, -0.2) is 17.2 Å². The molecule has 1 aromatic carbocycles. The van der Waals surface area contributed by atoms with Crippen LogP contribution in [0.1, 0.15) is 18.4 Å². The lowest BCUT2D eigenvalue weighted by Gasteiger charge is -2.24. The minimum Gasteiger partial charge on any atom is -0.380 e. The maximum Gasteiger partial charge on any atom is 0.183 e. The minimum absolute atomic E-state index is 0.0409. The summed E-state index contributed by atoms with van der Waals surface area (Å²) in [5.74, 6) is -2.20. The first-order valence-corrected chi connectivity index (χ1v) is 7.60. The minimum atomic E-state index is -2.99. The van der Waals surface area contributed by atoms with E-state index < -0.39 is 21.5 Å². The lowest BCUT2D eigenvalue weighted by Crippen LogP contribution is -2.32. The number of hydrogen-bond acceptors (Lipinski definition) is 4. The predicted octanol–water partition coefficient (Wildman–Crippen LogP) is 1.83. The Bertz CT molecular complexity index is 624. The van der Waals surface area contributed by atoms with Gasteiger partial charge in [0.1, 0.15) is 15.9 Å². The van der Waals surface area contributed by atoms with Gasteiger partial charge in [-0.3, -0.25) is 0 Å². The number of anilines is 1. The van der Waals surface area contributed by atoms with Crippen molar-refractivity contribution in [1.29, 1.82) is 5.26 Å². The molecule has 1 aliphatic rings. The summed E-state index contributed by atoms with van der Waals surface area (Å²) in [5, 5.41) is 11.4. The van der Waals surface area contributed by atoms with Gasteiger partial charge in [-0.15, -0.1) is 0 Å². The molecular weight excluding hydrogens is 274 g/mol. The predicted molar refractivity (Wildman–Crippen MR) is 66.4 cm³/mol. The molecule has 0 spiro atoms. The number of benzene rings is 1. The Morgan fingerprint density at radius 1 is 1.21 bits per heavy atom. The third kappa shape index (κ3) is 3.01. The van der Waals surface area contributed by atoms with E-state index in [1.54, 1.807) is 6.07 Å². The largest absolute Gasteiger partial charge is 0.380 e. The second kappa shape index (κ2) is 5.13. The van der Waals surface area contributed by atoms with E-state index in [1.165, 1.54) is 12.1 Å². The Hall–Kier alpha value is -1.68. The van der Waals surface area contributed by atoms with Crippen LogP contribution >= 0.6 is 0 Å². The zero-order valence-electron chi connectivity index (χ0n) is 9.99. The normalized spacial score (nSPS) is 18.8. The summed E-state index contributed by atoms with van der Waals surface area (Å²) >= 11 is 0.